The number of halogens is 1. The summed E-state index contributed by atoms with van der Waals surface area (Å²) in [5.41, 5.74) is 3.38. The molecule has 0 amide bonds. The minimum absolute atomic E-state index is 0.0328. The molecule has 1 aliphatic carbocycles. The Morgan fingerprint density at radius 2 is 1.64 bits per heavy atom. The van der Waals surface area contributed by atoms with Crippen LogP contribution in [0, 0.1) is 5.92 Å². The van der Waals surface area contributed by atoms with Crippen molar-refractivity contribution in [1.29, 1.82) is 0 Å². The van der Waals surface area contributed by atoms with Crippen LogP contribution in [0.1, 0.15) is 44.1 Å². The van der Waals surface area contributed by atoms with Crippen molar-refractivity contribution in [1.82, 2.24) is 4.72 Å². The van der Waals surface area contributed by atoms with E-state index in [4.69, 9.17) is 9.84 Å². The van der Waals surface area contributed by atoms with Crippen molar-refractivity contribution in [3.63, 3.8) is 0 Å². The maximum Gasteiger partial charge on any atom is 0.303 e. The predicted molar refractivity (Wildman–Crippen MR) is 157 cm³/mol. The van der Waals surface area contributed by atoms with Gasteiger partial charge >= 0.3 is 5.97 Å². The number of nitrogens with one attached hydrogen (secondary N) is 1. The largest absolute Gasteiger partial charge is 0.481 e. The van der Waals surface area contributed by atoms with E-state index in [9.17, 15) is 13.2 Å². The zero-order valence-corrected chi connectivity index (χ0v) is 24.1. The second kappa shape index (κ2) is 14.0. The molecule has 0 radical (unpaired) electrons. The van der Waals surface area contributed by atoms with E-state index < -0.39 is 16.0 Å². The molecule has 1 saturated carbocycles. The number of carboxylic acids is 1. The average molecular weight is 613 g/mol. The van der Waals surface area contributed by atoms with Gasteiger partial charge in [-0.05, 0) is 73.1 Å². The molecular weight excluding hydrogens is 578 g/mol. The van der Waals surface area contributed by atoms with E-state index in [2.05, 4.69) is 57.1 Å². The van der Waals surface area contributed by atoms with Gasteiger partial charge < -0.3 is 9.84 Å². The fourth-order valence-corrected chi connectivity index (χ4v) is 6.54. The molecule has 3 aromatic carbocycles. The Hall–Kier alpha value is -2.78. The number of hydrogen-bond donors (Lipinski definition) is 2. The smallest absolute Gasteiger partial charge is 0.303 e. The lowest BCUT2D eigenvalue weighted by molar-refractivity contribution is -0.137. The molecule has 39 heavy (non-hydrogen) atoms. The van der Waals surface area contributed by atoms with Crippen molar-refractivity contribution in [2.75, 3.05) is 0 Å². The summed E-state index contributed by atoms with van der Waals surface area (Å²) >= 11 is 3.35. The summed E-state index contributed by atoms with van der Waals surface area (Å²) in [5, 5.41) is 8.85. The lowest BCUT2D eigenvalue weighted by atomic mass is 9.97. The Balaban J connectivity index is 1.41. The first-order chi connectivity index (χ1) is 18.8. The van der Waals surface area contributed by atoms with Gasteiger partial charge in [0, 0.05) is 22.9 Å². The third kappa shape index (κ3) is 8.60. The zero-order chi connectivity index (χ0) is 27.7. The quantitative estimate of drug-likeness (QED) is 0.161. The van der Waals surface area contributed by atoms with E-state index in [0.29, 0.717) is 32.3 Å². The van der Waals surface area contributed by atoms with Crippen LogP contribution in [0.15, 0.2) is 100 Å². The summed E-state index contributed by atoms with van der Waals surface area (Å²) < 4.78 is 36.4. The molecule has 1 aliphatic rings. The van der Waals surface area contributed by atoms with Crippen LogP contribution >= 0.6 is 15.9 Å². The Morgan fingerprint density at radius 3 is 2.33 bits per heavy atom. The first-order valence-electron chi connectivity index (χ1n) is 13.2. The van der Waals surface area contributed by atoms with Gasteiger partial charge in [-0.25, -0.2) is 13.1 Å². The lowest BCUT2D eigenvalue weighted by Gasteiger charge is -2.25. The molecule has 206 valence electrons. The summed E-state index contributed by atoms with van der Waals surface area (Å²) in [7, 11) is -3.68. The van der Waals surface area contributed by atoms with E-state index in [1.807, 2.05) is 30.4 Å². The van der Waals surface area contributed by atoms with Crippen LogP contribution in [0.5, 0.6) is 0 Å². The van der Waals surface area contributed by atoms with Crippen LogP contribution in [-0.2, 0) is 26.2 Å². The van der Waals surface area contributed by atoms with Crippen molar-refractivity contribution in [2.45, 2.75) is 62.2 Å². The van der Waals surface area contributed by atoms with Gasteiger partial charge in [0.2, 0.25) is 10.0 Å². The fourth-order valence-electron chi connectivity index (χ4n) is 4.95. The van der Waals surface area contributed by atoms with Gasteiger partial charge in [-0.15, -0.1) is 0 Å². The highest BCUT2D eigenvalue weighted by Crippen LogP contribution is 2.34. The zero-order valence-electron chi connectivity index (χ0n) is 21.7. The molecule has 6 nitrogen and oxygen atoms in total. The normalized spacial score (nSPS) is 19.5. The van der Waals surface area contributed by atoms with Gasteiger partial charge in [0.1, 0.15) is 0 Å². The van der Waals surface area contributed by atoms with E-state index in [1.54, 1.807) is 24.3 Å². The molecule has 4 rings (SSSR count). The maximum absolute atomic E-state index is 13.1. The molecule has 3 atom stereocenters. The molecule has 3 aromatic rings. The van der Waals surface area contributed by atoms with Gasteiger partial charge in [0.15, 0.2) is 0 Å². The number of benzene rings is 3. The minimum atomic E-state index is -3.68. The molecule has 0 unspecified atom stereocenters. The number of allylic oxidation sites excluding steroid dienone is 2. The monoisotopic (exact) mass is 611 g/mol. The first-order valence-corrected chi connectivity index (χ1v) is 15.5. The molecule has 8 heteroatoms. The number of rotatable bonds is 13. The van der Waals surface area contributed by atoms with E-state index >= 15 is 0 Å². The van der Waals surface area contributed by atoms with Crippen LogP contribution in [0.3, 0.4) is 0 Å². The van der Waals surface area contributed by atoms with Crippen molar-refractivity contribution < 1.29 is 23.1 Å². The van der Waals surface area contributed by atoms with Crippen molar-refractivity contribution in [3.8, 4) is 11.1 Å². The summed E-state index contributed by atoms with van der Waals surface area (Å²) in [6, 6.07) is 24.9. The summed E-state index contributed by atoms with van der Waals surface area (Å²) in [6.45, 7) is 0.449. The molecule has 1 fully saturated rings. The lowest BCUT2D eigenvalue weighted by Crippen LogP contribution is -2.39. The SMILES string of the molecule is O=C(O)CCC/C=C\C[C@@H]1[C@@H](NS(=O)(=O)c2ccc(Br)cc2)CC[C@@H]1OCc1ccc(-c2ccccc2)cc1. The Morgan fingerprint density at radius 1 is 0.949 bits per heavy atom. The summed E-state index contributed by atoms with van der Waals surface area (Å²) in [6.07, 6.45) is 7.40. The van der Waals surface area contributed by atoms with Gasteiger partial charge in [0.05, 0.1) is 17.6 Å². The van der Waals surface area contributed by atoms with E-state index in [1.165, 1.54) is 0 Å². The maximum atomic E-state index is 13.1. The first kappa shape index (κ1) is 29.2. The Bertz CT molecular complexity index is 1340. The van der Waals surface area contributed by atoms with Crippen molar-refractivity contribution >= 4 is 31.9 Å². The number of sulfonamides is 1. The molecule has 0 heterocycles. The Labute approximate surface area is 239 Å². The number of carbonyl (C=O) groups is 1. The van der Waals surface area contributed by atoms with Crippen LogP contribution < -0.4 is 4.72 Å². The summed E-state index contributed by atoms with van der Waals surface area (Å²) in [5.74, 6) is -0.832. The topological polar surface area (TPSA) is 92.7 Å². The van der Waals surface area contributed by atoms with Crippen molar-refractivity contribution in [3.05, 3.63) is 101 Å². The molecule has 0 aliphatic heterocycles. The molecule has 2 N–H and O–H groups in total. The van der Waals surface area contributed by atoms with Gasteiger partial charge in [-0.1, -0.05) is 82.7 Å². The number of carboxylic acid groups (broad SMARTS) is 1. The van der Waals surface area contributed by atoms with Gasteiger partial charge in [-0.2, -0.15) is 0 Å². The fraction of sp³-hybridized carbons (Fsp3) is 0.323. The highest BCUT2D eigenvalue weighted by atomic mass is 79.9. The third-order valence-corrected chi connectivity index (χ3v) is 9.08. The molecule has 0 aromatic heterocycles. The third-order valence-electron chi connectivity index (χ3n) is 7.05. The number of aliphatic carboxylic acids is 1. The molecule has 0 bridgehead atoms. The summed E-state index contributed by atoms with van der Waals surface area (Å²) in [4.78, 5) is 11.0. The van der Waals surface area contributed by atoms with Crippen molar-refractivity contribution in [2.24, 2.45) is 5.92 Å². The van der Waals surface area contributed by atoms with Crippen LogP contribution in [-0.4, -0.2) is 31.6 Å². The second-order valence-electron chi connectivity index (χ2n) is 9.83. The average Bonchev–Trinajstić information content (AvgIpc) is 3.30. The van der Waals surface area contributed by atoms with Gasteiger partial charge in [-0.3, -0.25) is 4.79 Å². The van der Waals surface area contributed by atoms with Gasteiger partial charge in [0.25, 0.3) is 0 Å². The highest BCUT2D eigenvalue weighted by Gasteiger charge is 2.38. The van der Waals surface area contributed by atoms with Crippen LogP contribution in [0.4, 0.5) is 0 Å². The molecule has 0 saturated heterocycles. The van der Waals surface area contributed by atoms with E-state index in [-0.39, 0.29) is 29.4 Å². The Kier molecular flexibility index (Phi) is 10.5. The number of hydrogen-bond acceptors (Lipinski definition) is 4. The highest BCUT2D eigenvalue weighted by molar-refractivity contribution is 9.10. The number of ether oxygens (including phenoxy) is 1. The van der Waals surface area contributed by atoms with Crippen LogP contribution in [0.2, 0.25) is 0 Å². The standard InChI is InChI=1S/C31H34BrNO5S/c32-26-16-18-27(19-17-26)39(36,37)33-29-20-21-30(28(29)10-6-1-2-7-11-31(34)35)38-22-23-12-14-25(15-13-23)24-8-4-3-5-9-24/h1,3-6,8-9,12-19,28-30,33H,2,7,10-11,20-22H2,(H,34,35)/b6-1-/t28-,29+,30+/m1/s1. The second-order valence-corrected chi connectivity index (χ2v) is 12.5. The number of unbranched alkanes of at least 4 members (excludes halogenated alkanes) is 1. The molecular formula is C31H34BrNO5S. The minimum Gasteiger partial charge on any atom is -0.481 e. The van der Waals surface area contributed by atoms with Crippen LogP contribution in [0.25, 0.3) is 11.1 Å². The predicted octanol–water partition coefficient (Wildman–Crippen LogP) is 6.96. The van der Waals surface area contributed by atoms with E-state index in [0.717, 1.165) is 27.6 Å². The molecule has 0 spiro atoms.